The van der Waals surface area contributed by atoms with Gasteiger partial charge in [-0.3, -0.25) is 9.59 Å². The van der Waals surface area contributed by atoms with Gasteiger partial charge < -0.3 is 15.0 Å². The number of benzene rings is 2. The lowest BCUT2D eigenvalue weighted by atomic mass is 10.1. The number of hydrogen-bond donors (Lipinski definition) is 1. The number of amides is 2. The summed E-state index contributed by atoms with van der Waals surface area (Å²) < 4.78 is 5.25. The van der Waals surface area contributed by atoms with Gasteiger partial charge in [0.15, 0.2) is 0 Å². The van der Waals surface area contributed by atoms with Crippen LogP contribution in [0.3, 0.4) is 0 Å². The first kappa shape index (κ1) is 20.8. The van der Waals surface area contributed by atoms with Gasteiger partial charge in [-0.05, 0) is 36.8 Å². The summed E-state index contributed by atoms with van der Waals surface area (Å²) in [7, 11) is 3.19. The van der Waals surface area contributed by atoms with E-state index in [1.54, 1.807) is 37.7 Å². The van der Waals surface area contributed by atoms with Crippen LogP contribution >= 0.6 is 11.8 Å². The van der Waals surface area contributed by atoms with Crippen molar-refractivity contribution >= 4 is 23.6 Å². The standard InChI is InChI=1S/C21H26N2O3S/c1-16(21(25)22-2)23(15-17-8-7-9-18(14-17)26-3)20(24)12-13-27-19-10-5-4-6-11-19/h4-11,14,16H,12-13,15H2,1-3H3,(H,22,25). The minimum Gasteiger partial charge on any atom is -0.497 e. The first-order chi connectivity index (χ1) is 13.0. The largest absolute Gasteiger partial charge is 0.497 e. The number of ether oxygens (including phenoxy) is 1. The third-order valence-electron chi connectivity index (χ3n) is 4.23. The predicted octanol–water partition coefficient (Wildman–Crippen LogP) is 3.34. The van der Waals surface area contributed by atoms with Gasteiger partial charge in [0.25, 0.3) is 0 Å². The molecular formula is C21H26N2O3S. The lowest BCUT2D eigenvalue weighted by molar-refractivity contribution is -0.140. The topological polar surface area (TPSA) is 58.6 Å². The fraction of sp³-hybridized carbons (Fsp3) is 0.333. The van der Waals surface area contributed by atoms with Crippen LogP contribution in [0.15, 0.2) is 59.5 Å². The highest BCUT2D eigenvalue weighted by molar-refractivity contribution is 7.99. The molecule has 0 aliphatic heterocycles. The third kappa shape index (κ3) is 6.32. The quantitative estimate of drug-likeness (QED) is 0.672. The van der Waals surface area contributed by atoms with Crippen molar-refractivity contribution in [2.75, 3.05) is 19.9 Å². The van der Waals surface area contributed by atoms with Gasteiger partial charge in [0.1, 0.15) is 11.8 Å². The summed E-state index contributed by atoms with van der Waals surface area (Å²) in [6, 6.07) is 17.0. The number of likely N-dealkylation sites (N-methyl/N-ethyl adjacent to an activating group) is 1. The van der Waals surface area contributed by atoms with E-state index in [-0.39, 0.29) is 11.8 Å². The summed E-state index contributed by atoms with van der Waals surface area (Å²) in [5.74, 6) is 1.17. The van der Waals surface area contributed by atoms with Gasteiger partial charge in [-0.1, -0.05) is 30.3 Å². The van der Waals surface area contributed by atoms with E-state index in [0.29, 0.717) is 18.7 Å². The number of nitrogens with zero attached hydrogens (tertiary/aromatic N) is 1. The Morgan fingerprint density at radius 1 is 1.15 bits per heavy atom. The number of hydrogen-bond acceptors (Lipinski definition) is 4. The summed E-state index contributed by atoms with van der Waals surface area (Å²) >= 11 is 1.64. The highest BCUT2D eigenvalue weighted by Crippen LogP contribution is 2.20. The summed E-state index contributed by atoms with van der Waals surface area (Å²) in [5.41, 5.74) is 0.925. The first-order valence-electron chi connectivity index (χ1n) is 8.87. The van der Waals surface area contributed by atoms with Crippen LogP contribution in [0.2, 0.25) is 0 Å². The third-order valence-corrected chi connectivity index (χ3v) is 5.24. The molecule has 27 heavy (non-hydrogen) atoms. The zero-order valence-corrected chi connectivity index (χ0v) is 16.8. The van der Waals surface area contributed by atoms with Crippen LogP contribution in [0.5, 0.6) is 5.75 Å². The number of carbonyl (C=O) groups excluding carboxylic acids is 2. The van der Waals surface area contributed by atoms with Crippen molar-refractivity contribution in [1.29, 1.82) is 0 Å². The van der Waals surface area contributed by atoms with Gasteiger partial charge in [0.05, 0.1) is 7.11 Å². The van der Waals surface area contributed by atoms with E-state index in [0.717, 1.165) is 16.2 Å². The highest BCUT2D eigenvalue weighted by Gasteiger charge is 2.25. The highest BCUT2D eigenvalue weighted by atomic mass is 32.2. The van der Waals surface area contributed by atoms with Crippen molar-refractivity contribution in [2.45, 2.75) is 30.8 Å². The Morgan fingerprint density at radius 3 is 2.56 bits per heavy atom. The lowest BCUT2D eigenvalue weighted by Gasteiger charge is -2.28. The summed E-state index contributed by atoms with van der Waals surface area (Å²) in [6.07, 6.45) is 0.366. The van der Waals surface area contributed by atoms with Gasteiger partial charge in [0, 0.05) is 30.7 Å². The van der Waals surface area contributed by atoms with Crippen LogP contribution < -0.4 is 10.1 Å². The van der Waals surface area contributed by atoms with Crippen molar-refractivity contribution in [3.8, 4) is 5.75 Å². The van der Waals surface area contributed by atoms with Crippen LogP contribution in [0, 0.1) is 0 Å². The minimum atomic E-state index is -0.546. The maximum absolute atomic E-state index is 12.9. The number of thioether (sulfide) groups is 1. The Morgan fingerprint density at radius 2 is 1.89 bits per heavy atom. The first-order valence-corrected chi connectivity index (χ1v) is 9.85. The molecule has 0 aliphatic rings. The van der Waals surface area contributed by atoms with Gasteiger partial charge >= 0.3 is 0 Å². The maximum atomic E-state index is 12.9. The minimum absolute atomic E-state index is 0.0441. The van der Waals surface area contributed by atoms with E-state index in [2.05, 4.69) is 5.32 Å². The van der Waals surface area contributed by atoms with E-state index in [4.69, 9.17) is 4.74 Å². The molecule has 2 aromatic rings. The van der Waals surface area contributed by atoms with Crippen molar-refractivity contribution < 1.29 is 14.3 Å². The molecule has 2 aromatic carbocycles. The molecule has 0 saturated heterocycles. The van der Waals surface area contributed by atoms with E-state index in [1.165, 1.54) is 0 Å². The summed E-state index contributed by atoms with van der Waals surface area (Å²) in [6.45, 7) is 2.11. The molecule has 0 aliphatic carbocycles. The van der Waals surface area contributed by atoms with Gasteiger partial charge in [-0.2, -0.15) is 0 Å². The molecule has 0 saturated carbocycles. The Bertz CT molecular complexity index is 752. The molecule has 1 N–H and O–H groups in total. The Hall–Kier alpha value is -2.47. The fourth-order valence-corrected chi connectivity index (χ4v) is 3.54. The molecule has 0 heterocycles. The van der Waals surface area contributed by atoms with Crippen LogP contribution in [-0.2, 0) is 16.1 Å². The molecule has 1 atom stereocenters. The Balaban J connectivity index is 2.06. The van der Waals surface area contributed by atoms with E-state index >= 15 is 0 Å². The monoisotopic (exact) mass is 386 g/mol. The lowest BCUT2D eigenvalue weighted by Crippen LogP contribution is -2.46. The molecule has 0 bridgehead atoms. The Kier molecular flexibility index (Phi) is 8.20. The molecule has 1 unspecified atom stereocenters. The van der Waals surface area contributed by atoms with Crippen LogP contribution in [-0.4, -0.2) is 42.7 Å². The maximum Gasteiger partial charge on any atom is 0.242 e. The molecule has 0 aromatic heterocycles. The molecule has 144 valence electrons. The van der Waals surface area contributed by atoms with Crippen LogP contribution in [0.4, 0.5) is 0 Å². The smallest absolute Gasteiger partial charge is 0.242 e. The molecular weight excluding hydrogens is 360 g/mol. The second-order valence-electron chi connectivity index (χ2n) is 6.07. The van der Waals surface area contributed by atoms with E-state index in [9.17, 15) is 9.59 Å². The molecule has 0 spiro atoms. The summed E-state index contributed by atoms with van der Waals surface area (Å²) in [4.78, 5) is 27.7. The second kappa shape index (κ2) is 10.6. The number of nitrogens with one attached hydrogen (secondary N) is 1. The van der Waals surface area contributed by atoms with E-state index < -0.39 is 6.04 Å². The van der Waals surface area contributed by atoms with Crippen LogP contribution in [0.1, 0.15) is 18.9 Å². The van der Waals surface area contributed by atoms with Crippen LogP contribution in [0.25, 0.3) is 0 Å². The van der Waals surface area contributed by atoms with Crippen molar-refractivity contribution in [2.24, 2.45) is 0 Å². The van der Waals surface area contributed by atoms with Crippen molar-refractivity contribution in [1.82, 2.24) is 10.2 Å². The zero-order valence-electron chi connectivity index (χ0n) is 16.0. The van der Waals surface area contributed by atoms with Gasteiger partial charge in [-0.25, -0.2) is 0 Å². The molecule has 5 nitrogen and oxygen atoms in total. The second-order valence-corrected chi connectivity index (χ2v) is 7.24. The summed E-state index contributed by atoms with van der Waals surface area (Å²) in [5, 5.41) is 2.63. The van der Waals surface area contributed by atoms with Crippen molar-refractivity contribution in [3.05, 3.63) is 60.2 Å². The van der Waals surface area contributed by atoms with Gasteiger partial charge in [0.2, 0.25) is 11.8 Å². The zero-order chi connectivity index (χ0) is 19.6. The number of methoxy groups -OCH3 is 1. The normalized spacial score (nSPS) is 11.5. The van der Waals surface area contributed by atoms with Gasteiger partial charge in [-0.15, -0.1) is 11.8 Å². The predicted molar refractivity (Wildman–Crippen MR) is 109 cm³/mol. The van der Waals surface area contributed by atoms with Crippen molar-refractivity contribution in [3.63, 3.8) is 0 Å². The van der Waals surface area contributed by atoms with E-state index in [1.807, 2.05) is 54.6 Å². The number of rotatable bonds is 9. The fourth-order valence-electron chi connectivity index (χ4n) is 2.68. The average molecular weight is 387 g/mol. The Labute approximate surface area is 165 Å². The molecule has 0 radical (unpaired) electrons. The molecule has 6 heteroatoms. The molecule has 2 rings (SSSR count). The number of carbonyl (C=O) groups is 2. The molecule has 0 fully saturated rings. The SMILES string of the molecule is CNC(=O)C(C)N(Cc1cccc(OC)c1)C(=O)CCSc1ccccc1. The molecule has 2 amide bonds. The average Bonchev–Trinajstić information content (AvgIpc) is 2.71.